The van der Waals surface area contributed by atoms with E-state index in [1.807, 2.05) is 49.5 Å². The van der Waals surface area contributed by atoms with E-state index in [4.69, 9.17) is 0 Å². The summed E-state index contributed by atoms with van der Waals surface area (Å²) in [5, 5.41) is 6.21. The molecule has 0 aromatic heterocycles. The molecule has 0 saturated carbocycles. The van der Waals surface area contributed by atoms with Crippen molar-refractivity contribution in [1.82, 2.24) is 0 Å². The molecule has 1 heterocycles. The van der Waals surface area contributed by atoms with Crippen molar-refractivity contribution >= 4 is 44.6 Å². The number of rotatable bonds is 2. The minimum atomic E-state index is 0.0350. The van der Waals surface area contributed by atoms with Crippen molar-refractivity contribution in [2.24, 2.45) is 0 Å². The Bertz CT molecular complexity index is 655. The zero-order chi connectivity index (χ0) is 14.1. The molecule has 5 heteroatoms. The van der Waals surface area contributed by atoms with E-state index in [9.17, 15) is 4.79 Å². The van der Waals surface area contributed by atoms with Gasteiger partial charge in [0.1, 0.15) is 0 Å². The third-order valence-corrected chi connectivity index (χ3v) is 3.79. The molecule has 1 aliphatic rings. The van der Waals surface area contributed by atoms with Crippen LogP contribution in [0, 0.1) is 0 Å². The molecule has 102 valence electrons. The molecule has 0 radical (unpaired) electrons. The molecule has 0 aliphatic carbocycles. The lowest BCUT2D eigenvalue weighted by molar-refractivity contribution is -0.116. The number of hydrogen-bond donors (Lipinski definition) is 2. The summed E-state index contributed by atoms with van der Waals surface area (Å²) in [7, 11) is 1.87. The normalized spacial score (nSPS) is 13.7. The molecule has 4 nitrogen and oxygen atoms in total. The van der Waals surface area contributed by atoms with Gasteiger partial charge in [-0.3, -0.25) is 9.69 Å². The maximum Gasteiger partial charge on any atom is 0.250 e. The first-order chi connectivity index (χ1) is 9.69. The van der Waals surface area contributed by atoms with Gasteiger partial charge in [-0.25, -0.2) is 0 Å². The fourth-order valence-electron chi connectivity index (χ4n) is 2.28. The standard InChI is InChI=1S/C15H14BrN3O/c1-17-11-3-5-12(6-4-11)19-14-8-10(16)2-7-13(14)18-9-15(19)20/h2-8,17-18H,9H2,1H3. The van der Waals surface area contributed by atoms with E-state index in [0.29, 0.717) is 6.54 Å². The van der Waals surface area contributed by atoms with Crippen LogP contribution in [0.1, 0.15) is 0 Å². The molecule has 1 aliphatic heterocycles. The van der Waals surface area contributed by atoms with Crippen LogP contribution in [-0.2, 0) is 4.79 Å². The van der Waals surface area contributed by atoms with Gasteiger partial charge in [0.15, 0.2) is 0 Å². The molecule has 2 aromatic rings. The summed E-state index contributed by atoms with van der Waals surface area (Å²) in [6.07, 6.45) is 0. The Hall–Kier alpha value is -2.01. The maximum atomic E-state index is 12.3. The number of anilines is 4. The molecule has 0 unspecified atom stereocenters. The Morgan fingerprint density at radius 1 is 1.20 bits per heavy atom. The summed E-state index contributed by atoms with van der Waals surface area (Å²) in [6, 6.07) is 13.7. The predicted octanol–water partition coefficient (Wildman–Crippen LogP) is 3.58. The molecule has 2 N–H and O–H groups in total. The third-order valence-electron chi connectivity index (χ3n) is 3.29. The van der Waals surface area contributed by atoms with Crippen LogP contribution in [0.4, 0.5) is 22.7 Å². The zero-order valence-corrected chi connectivity index (χ0v) is 12.6. The molecule has 20 heavy (non-hydrogen) atoms. The summed E-state index contributed by atoms with van der Waals surface area (Å²) < 4.78 is 0.949. The lowest BCUT2D eigenvalue weighted by atomic mass is 10.1. The van der Waals surface area contributed by atoms with Gasteiger partial charge in [-0.1, -0.05) is 15.9 Å². The van der Waals surface area contributed by atoms with Crippen molar-refractivity contribution in [1.29, 1.82) is 0 Å². The average Bonchev–Trinajstić information content (AvgIpc) is 2.47. The second-order valence-electron chi connectivity index (χ2n) is 4.54. The van der Waals surface area contributed by atoms with Gasteiger partial charge in [-0.15, -0.1) is 0 Å². The molecule has 1 amide bonds. The SMILES string of the molecule is CNc1ccc(N2C(=O)CNc3ccc(Br)cc32)cc1. The number of amides is 1. The Morgan fingerprint density at radius 2 is 1.95 bits per heavy atom. The van der Waals surface area contributed by atoms with Crippen LogP contribution >= 0.6 is 15.9 Å². The summed E-state index contributed by atoms with van der Waals surface area (Å²) >= 11 is 3.46. The average molecular weight is 332 g/mol. The first-order valence-electron chi connectivity index (χ1n) is 6.33. The number of nitrogens with zero attached hydrogens (tertiary/aromatic N) is 1. The number of benzene rings is 2. The molecule has 0 bridgehead atoms. The van der Waals surface area contributed by atoms with E-state index in [1.165, 1.54) is 0 Å². The van der Waals surface area contributed by atoms with Crippen molar-refractivity contribution in [3.8, 4) is 0 Å². The van der Waals surface area contributed by atoms with E-state index >= 15 is 0 Å². The van der Waals surface area contributed by atoms with Gasteiger partial charge < -0.3 is 10.6 Å². The lowest BCUT2D eigenvalue weighted by Gasteiger charge is -2.30. The second-order valence-corrected chi connectivity index (χ2v) is 5.46. The van der Waals surface area contributed by atoms with Crippen LogP contribution < -0.4 is 15.5 Å². The molecular weight excluding hydrogens is 318 g/mol. The van der Waals surface area contributed by atoms with Crippen molar-refractivity contribution < 1.29 is 4.79 Å². The smallest absolute Gasteiger partial charge is 0.250 e. The van der Waals surface area contributed by atoms with Gasteiger partial charge in [0.25, 0.3) is 5.91 Å². The van der Waals surface area contributed by atoms with Crippen LogP contribution in [0.2, 0.25) is 0 Å². The van der Waals surface area contributed by atoms with Crippen LogP contribution in [0.5, 0.6) is 0 Å². The van der Waals surface area contributed by atoms with Crippen molar-refractivity contribution in [3.05, 3.63) is 46.9 Å². The second kappa shape index (κ2) is 5.17. The number of halogens is 1. The van der Waals surface area contributed by atoms with Crippen molar-refractivity contribution in [2.45, 2.75) is 0 Å². The molecular formula is C15H14BrN3O. The van der Waals surface area contributed by atoms with E-state index in [0.717, 1.165) is 27.2 Å². The summed E-state index contributed by atoms with van der Waals surface area (Å²) in [5.74, 6) is 0.0350. The molecule has 0 saturated heterocycles. The number of carbonyl (C=O) groups excluding carboxylic acids is 1. The Kier molecular flexibility index (Phi) is 3.36. The summed E-state index contributed by atoms with van der Waals surface area (Å²) in [6.45, 7) is 0.308. The molecule has 2 aromatic carbocycles. The van der Waals surface area contributed by atoms with E-state index < -0.39 is 0 Å². The monoisotopic (exact) mass is 331 g/mol. The Morgan fingerprint density at radius 3 is 2.65 bits per heavy atom. The lowest BCUT2D eigenvalue weighted by Crippen LogP contribution is -2.36. The van der Waals surface area contributed by atoms with Crippen LogP contribution in [0.15, 0.2) is 46.9 Å². The minimum Gasteiger partial charge on any atom is -0.388 e. The highest BCUT2D eigenvalue weighted by Gasteiger charge is 2.25. The van der Waals surface area contributed by atoms with Crippen molar-refractivity contribution in [2.75, 3.05) is 29.1 Å². The number of hydrogen-bond acceptors (Lipinski definition) is 3. The predicted molar refractivity (Wildman–Crippen MR) is 85.8 cm³/mol. The number of nitrogens with one attached hydrogen (secondary N) is 2. The maximum absolute atomic E-state index is 12.3. The highest BCUT2D eigenvalue weighted by molar-refractivity contribution is 9.10. The zero-order valence-electron chi connectivity index (χ0n) is 11.0. The largest absolute Gasteiger partial charge is 0.388 e. The van der Waals surface area contributed by atoms with E-state index in [2.05, 4.69) is 26.6 Å². The van der Waals surface area contributed by atoms with Gasteiger partial charge >= 0.3 is 0 Å². The van der Waals surface area contributed by atoms with Gasteiger partial charge in [0.2, 0.25) is 0 Å². The third kappa shape index (κ3) is 2.25. The highest BCUT2D eigenvalue weighted by Crippen LogP contribution is 2.37. The molecule has 0 atom stereocenters. The topological polar surface area (TPSA) is 44.4 Å². The Balaban J connectivity index is 2.07. The van der Waals surface area contributed by atoms with E-state index in [1.54, 1.807) is 4.90 Å². The van der Waals surface area contributed by atoms with Crippen LogP contribution in [0.3, 0.4) is 0 Å². The highest BCUT2D eigenvalue weighted by atomic mass is 79.9. The number of carbonyl (C=O) groups is 1. The summed E-state index contributed by atoms with van der Waals surface area (Å²) in [4.78, 5) is 14.0. The van der Waals surface area contributed by atoms with Gasteiger partial charge in [-0.2, -0.15) is 0 Å². The minimum absolute atomic E-state index is 0.0350. The fraction of sp³-hybridized carbons (Fsp3) is 0.133. The summed E-state index contributed by atoms with van der Waals surface area (Å²) in [5.41, 5.74) is 3.72. The van der Waals surface area contributed by atoms with Crippen molar-refractivity contribution in [3.63, 3.8) is 0 Å². The van der Waals surface area contributed by atoms with Crippen LogP contribution in [-0.4, -0.2) is 19.5 Å². The molecule has 0 spiro atoms. The first kappa shape index (κ1) is 13.0. The fourth-order valence-corrected chi connectivity index (χ4v) is 2.63. The number of fused-ring (bicyclic) bond motifs is 1. The van der Waals surface area contributed by atoms with Gasteiger partial charge in [0.05, 0.1) is 17.9 Å². The quantitative estimate of drug-likeness (QED) is 0.883. The Labute approximate surface area is 125 Å². The molecule has 0 fully saturated rings. The first-order valence-corrected chi connectivity index (χ1v) is 7.12. The van der Waals surface area contributed by atoms with Crippen LogP contribution in [0.25, 0.3) is 0 Å². The van der Waals surface area contributed by atoms with Gasteiger partial charge in [0, 0.05) is 22.9 Å². The van der Waals surface area contributed by atoms with E-state index in [-0.39, 0.29) is 5.91 Å². The molecule has 3 rings (SSSR count). The van der Waals surface area contributed by atoms with Gasteiger partial charge in [-0.05, 0) is 42.5 Å².